The van der Waals surface area contributed by atoms with Gasteiger partial charge in [-0.25, -0.2) is 0 Å². The number of ether oxygens (including phenoxy) is 1. The molecular weight excluding hydrogens is 484 g/mol. The van der Waals surface area contributed by atoms with Crippen molar-refractivity contribution in [1.29, 1.82) is 0 Å². The molecule has 196 valence electrons. The van der Waals surface area contributed by atoms with Gasteiger partial charge in [-0.3, -0.25) is 14.4 Å². The van der Waals surface area contributed by atoms with E-state index in [0.717, 1.165) is 5.56 Å². The number of aliphatic hydroxyl groups excluding tert-OH is 1. The third kappa shape index (κ3) is 3.60. The van der Waals surface area contributed by atoms with Crippen LogP contribution in [0.1, 0.15) is 45.6 Å². The van der Waals surface area contributed by atoms with E-state index in [1.807, 2.05) is 33.8 Å². The molecule has 2 N–H and O–H groups in total. The Morgan fingerprint density at radius 2 is 2.06 bits per heavy atom. The Labute approximate surface area is 216 Å². The number of aliphatic carboxylic acids is 1. The van der Waals surface area contributed by atoms with Crippen LogP contribution in [0.4, 0.5) is 5.69 Å². The standard InChI is InChI=1S/C27H35ClN2O6/c1-6-13-29(21-16(5)9-8-10-17(21)28)24(33)22-27-12-11-26(7-2,36-27)20(25(34)35)19(27)23(32)30(22)18(14-31)15(3)4/h6,8-10,15,18-20,22,31H,1,7,11-14H2,2-5H3,(H,34,35)/t18-,19-,20-,22?,26+,27?/m0/s1. The lowest BCUT2D eigenvalue weighted by molar-refractivity contribution is -0.158. The van der Waals surface area contributed by atoms with Crippen molar-refractivity contribution in [2.24, 2.45) is 17.8 Å². The number of rotatable bonds is 9. The van der Waals surface area contributed by atoms with Crippen molar-refractivity contribution < 1.29 is 29.3 Å². The van der Waals surface area contributed by atoms with Crippen molar-refractivity contribution in [2.75, 3.05) is 18.1 Å². The number of carbonyl (C=O) groups is 3. The van der Waals surface area contributed by atoms with Gasteiger partial charge in [0.25, 0.3) is 5.91 Å². The van der Waals surface area contributed by atoms with E-state index in [4.69, 9.17) is 16.3 Å². The predicted molar refractivity (Wildman–Crippen MR) is 136 cm³/mol. The zero-order valence-corrected chi connectivity index (χ0v) is 22.0. The number of hydrogen-bond donors (Lipinski definition) is 2. The van der Waals surface area contributed by atoms with Crippen LogP contribution < -0.4 is 4.90 Å². The summed E-state index contributed by atoms with van der Waals surface area (Å²) in [4.78, 5) is 44.1. The van der Waals surface area contributed by atoms with Crippen molar-refractivity contribution in [2.45, 2.75) is 70.2 Å². The topological polar surface area (TPSA) is 107 Å². The first-order chi connectivity index (χ1) is 17.0. The Bertz CT molecular complexity index is 1070. The number of carboxylic acid groups (broad SMARTS) is 1. The lowest BCUT2D eigenvalue weighted by Gasteiger charge is -2.41. The molecule has 3 saturated heterocycles. The van der Waals surface area contributed by atoms with Crippen LogP contribution in [0.5, 0.6) is 0 Å². The van der Waals surface area contributed by atoms with E-state index in [1.165, 1.54) is 9.80 Å². The number of fused-ring (bicyclic) bond motifs is 1. The van der Waals surface area contributed by atoms with Crippen molar-refractivity contribution in [3.8, 4) is 0 Å². The average Bonchev–Trinajstić information content (AvgIpc) is 3.42. The molecule has 8 nitrogen and oxygen atoms in total. The smallest absolute Gasteiger partial charge is 0.310 e. The lowest BCUT2D eigenvalue weighted by atomic mass is 9.65. The van der Waals surface area contributed by atoms with Crippen LogP contribution in [0.25, 0.3) is 0 Å². The number of aryl methyl sites for hydroxylation is 1. The number of aliphatic hydroxyl groups is 1. The fourth-order valence-electron chi connectivity index (χ4n) is 6.82. The van der Waals surface area contributed by atoms with E-state index in [2.05, 4.69) is 6.58 Å². The maximum Gasteiger partial charge on any atom is 0.310 e. The monoisotopic (exact) mass is 518 g/mol. The molecule has 0 radical (unpaired) electrons. The lowest BCUT2D eigenvalue weighted by Crippen LogP contribution is -2.60. The molecule has 3 heterocycles. The van der Waals surface area contributed by atoms with Crippen molar-refractivity contribution in [3.63, 3.8) is 0 Å². The van der Waals surface area contributed by atoms with Crippen molar-refractivity contribution in [3.05, 3.63) is 41.4 Å². The molecule has 3 aliphatic rings. The first-order valence-corrected chi connectivity index (χ1v) is 12.9. The summed E-state index contributed by atoms with van der Waals surface area (Å²) in [5.74, 6) is -4.22. The quantitative estimate of drug-likeness (QED) is 0.485. The largest absolute Gasteiger partial charge is 0.481 e. The second-order valence-corrected chi connectivity index (χ2v) is 11.0. The Morgan fingerprint density at radius 3 is 2.58 bits per heavy atom. The molecule has 0 aliphatic carbocycles. The number of hydrogen-bond acceptors (Lipinski definition) is 5. The summed E-state index contributed by atoms with van der Waals surface area (Å²) in [6, 6.07) is 3.54. The second kappa shape index (κ2) is 9.47. The van der Waals surface area contributed by atoms with Crippen LogP contribution in [-0.2, 0) is 19.1 Å². The number of likely N-dealkylation sites (tertiary alicyclic amines) is 1. The highest BCUT2D eigenvalue weighted by molar-refractivity contribution is 6.34. The van der Waals surface area contributed by atoms with Gasteiger partial charge in [0.1, 0.15) is 17.6 Å². The van der Waals surface area contributed by atoms with Gasteiger partial charge in [0, 0.05) is 6.54 Å². The highest BCUT2D eigenvalue weighted by Crippen LogP contribution is 2.64. The highest BCUT2D eigenvalue weighted by Gasteiger charge is 2.79. The first kappa shape index (κ1) is 26.6. The highest BCUT2D eigenvalue weighted by atomic mass is 35.5. The minimum Gasteiger partial charge on any atom is -0.481 e. The summed E-state index contributed by atoms with van der Waals surface area (Å²) >= 11 is 6.56. The number of carbonyl (C=O) groups excluding carboxylic acids is 2. The van der Waals surface area contributed by atoms with Crippen LogP contribution in [-0.4, -0.2) is 69.3 Å². The minimum absolute atomic E-state index is 0.134. The molecule has 1 aromatic rings. The zero-order chi connectivity index (χ0) is 26.6. The molecule has 2 unspecified atom stereocenters. The van der Waals surface area contributed by atoms with E-state index in [1.54, 1.807) is 18.2 Å². The van der Waals surface area contributed by atoms with Gasteiger partial charge in [0.15, 0.2) is 0 Å². The van der Waals surface area contributed by atoms with Crippen LogP contribution in [0, 0.1) is 24.7 Å². The SMILES string of the molecule is C=CCN(C(=O)C1N([C@@H](CO)C(C)C)C(=O)[C@@H]2[C@@H](C(=O)O)[C@@]3(CC)CCC12O3)c1c(C)cccc1Cl. The molecule has 0 saturated carbocycles. The first-order valence-electron chi connectivity index (χ1n) is 12.5. The zero-order valence-electron chi connectivity index (χ0n) is 21.2. The molecule has 36 heavy (non-hydrogen) atoms. The van der Waals surface area contributed by atoms with E-state index in [0.29, 0.717) is 30.0 Å². The third-order valence-corrected chi connectivity index (χ3v) is 8.77. The number of para-hydroxylation sites is 1. The van der Waals surface area contributed by atoms with Gasteiger partial charge in [-0.1, -0.05) is 50.6 Å². The van der Waals surface area contributed by atoms with E-state index in [-0.39, 0.29) is 19.1 Å². The van der Waals surface area contributed by atoms with Gasteiger partial charge in [0.05, 0.1) is 34.9 Å². The Balaban J connectivity index is 1.92. The number of amides is 2. The van der Waals surface area contributed by atoms with Gasteiger partial charge in [0.2, 0.25) is 5.91 Å². The van der Waals surface area contributed by atoms with Gasteiger partial charge in [-0.15, -0.1) is 6.58 Å². The van der Waals surface area contributed by atoms with E-state index in [9.17, 15) is 24.6 Å². The molecule has 4 rings (SSSR count). The molecule has 9 heteroatoms. The normalized spacial score (nSPS) is 31.6. The van der Waals surface area contributed by atoms with E-state index >= 15 is 0 Å². The van der Waals surface area contributed by atoms with Gasteiger partial charge in [-0.05, 0) is 43.7 Å². The minimum atomic E-state index is -1.30. The number of benzene rings is 1. The number of anilines is 1. The fourth-order valence-corrected chi connectivity index (χ4v) is 7.15. The maximum absolute atomic E-state index is 14.6. The molecule has 6 atom stereocenters. The van der Waals surface area contributed by atoms with Gasteiger partial charge >= 0.3 is 5.97 Å². The van der Waals surface area contributed by atoms with Crippen molar-refractivity contribution >= 4 is 35.1 Å². The summed E-state index contributed by atoms with van der Waals surface area (Å²) in [5, 5.41) is 20.9. The number of halogens is 1. The summed E-state index contributed by atoms with van der Waals surface area (Å²) in [6.45, 7) is 11.0. The number of nitrogens with zero attached hydrogens (tertiary/aromatic N) is 2. The second-order valence-electron chi connectivity index (χ2n) is 10.6. The fraction of sp³-hybridized carbons (Fsp3) is 0.593. The van der Waals surface area contributed by atoms with Gasteiger partial charge < -0.3 is 24.7 Å². The Hall–Kier alpha value is -2.42. The maximum atomic E-state index is 14.6. The third-order valence-electron chi connectivity index (χ3n) is 8.47. The van der Waals surface area contributed by atoms with Crippen LogP contribution >= 0.6 is 11.6 Å². The van der Waals surface area contributed by atoms with Crippen molar-refractivity contribution in [1.82, 2.24) is 4.90 Å². The molecule has 2 amide bonds. The molecule has 2 bridgehead atoms. The summed E-state index contributed by atoms with van der Waals surface area (Å²) in [7, 11) is 0. The molecular formula is C27H35ClN2O6. The summed E-state index contributed by atoms with van der Waals surface area (Å²) in [6.07, 6.45) is 2.83. The molecule has 3 aliphatic heterocycles. The van der Waals surface area contributed by atoms with Crippen LogP contribution in [0.2, 0.25) is 5.02 Å². The summed E-state index contributed by atoms with van der Waals surface area (Å²) in [5.41, 5.74) is -1.03. The van der Waals surface area contributed by atoms with Crippen LogP contribution in [0.15, 0.2) is 30.9 Å². The number of carboxylic acids is 1. The van der Waals surface area contributed by atoms with E-state index < -0.39 is 52.9 Å². The average molecular weight is 519 g/mol. The molecule has 1 spiro atoms. The molecule has 1 aromatic carbocycles. The summed E-state index contributed by atoms with van der Waals surface area (Å²) < 4.78 is 6.60. The Morgan fingerprint density at radius 1 is 1.36 bits per heavy atom. The predicted octanol–water partition coefficient (Wildman–Crippen LogP) is 3.42. The molecule has 3 fully saturated rings. The van der Waals surface area contributed by atoms with Gasteiger partial charge in [-0.2, -0.15) is 0 Å². The molecule has 0 aromatic heterocycles. The Kier molecular flexibility index (Phi) is 7.01. The van der Waals surface area contributed by atoms with Crippen LogP contribution in [0.3, 0.4) is 0 Å².